The fraction of sp³-hybridized carbons (Fsp3) is 0.556. The smallest absolute Gasteiger partial charge is 0.230 e. The SMILES string of the molecule is CCCC1C2CC3=C4C(=CCCC4=C2C=C(C)[N+]1=O)NC3. The van der Waals surface area contributed by atoms with Crippen molar-refractivity contribution in [1.29, 1.82) is 0 Å². The van der Waals surface area contributed by atoms with Crippen molar-refractivity contribution in [2.75, 3.05) is 6.54 Å². The second-order valence-electron chi connectivity index (χ2n) is 6.70. The summed E-state index contributed by atoms with van der Waals surface area (Å²) in [4.78, 5) is 12.5. The van der Waals surface area contributed by atoms with E-state index in [0.717, 1.165) is 44.3 Å². The lowest BCUT2D eigenvalue weighted by molar-refractivity contribution is -0.551. The lowest BCUT2D eigenvalue weighted by atomic mass is 9.71. The van der Waals surface area contributed by atoms with Crippen LogP contribution < -0.4 is 5.32 Å². The van der Waals surface area contributed by atoms with Gasteiger partial charge in [-0.2, -0.15) is 0 Å². The summed E-state index contributed by atoms with van der Waals surface area (Å²) < 4.78 is 1.28. The van der Waals surface area contributed by atoms with E-state index in [0.29, 0.717) is 5.92 Å². The molecule has 0 aromatic carbocycles. The Morgan fingerprint density at radius 2 is 2.29 bits per heavy atom. The maximum Gasteiger partial charge on any atom is 0.230 e. The Labute approximate surface area is 126 Å². The largest absolute Gasteiger partial charge is 0.381 e. The van der Waals surface area contributed by atoms with Crippen molar-refractivity contribution in [2.45, 2.75) is 52.0 Å². The molecule has 0 fully saturated rings. The Bertz CT molecular complexity index is 648. The van der Waals surface area contributed by atoms with Crippen LogP contribution in [0.1, 0.15) is 46.0 Å². The van der Waals surface area contributed by atoms with Gasteiger partial charge in [0.1, 0.15) is 0 Å². The highest BCUT2D eigenvalue weighted by atomic mass is 16.3. The van der Waals surface area contributed by atoms with Crippen LogP contribution in [0.15, 0.2) is 45.8 Å². The Morgan fingerprint density at radius 3 is 3.10 bits per heavy atom. The molecule has 2 heterocycles. The number of nitrogens with one attached hydrogen (secondary N) is 1. The first-order valence-corrected chi connectivity index (χ1v) is 8.25. The van der Waals surface area contributed by atoms with Gasteiger partial charge in [0.15, 0.2) is 0 Å². The van der Waals surface area contributed by atoms with Crippen LogP contribution in [0.25, 0.3) is 0 Å². The highest BCUT2D eigenvalue weighted by molar-refractivity contribution is 5.61. The molecule has 0 saturated carbocycles. The third kappa shape index (κ3) is 1.79. The number of rotatable bonds is 2. The summed E-state index contributed by atoms with van der Waals surface area (Å²) in [6.45, 7) is 5.13. The van der Waals surface area contributed by atoms with Crippen molar-refractivity contribution in [2.24, 2.45) is 5.92 Å². The van der Waals surface area contributed by atoms with Gasteiger partial charge in [-0.15, -0.1) is 0 Å². The zero-order valence-electron chi connectivity index (χ0n) is 12.9. The van der Waals surface area contributed by atoms with E-state index in [2.05, 4.69) is 24.4 Å². The van der Waals surface area contributed by atoms with Crippen molar-refractivity contribution < 1.29 is 4.76 Å². The van der Waals surface area contributed by atoms with E-state index in [9.17, 15) is 4.91 Å². The lowest BCUT2D eigenvalue weighted by Crippen LogP contribution is -2.38. The van der Waals surface area contributed by atoms with Crippen molar-refractivity contribution in [3.63, 3.8) is 0 Å². The minimum Gasteiger partial charge on any atom is -0.381 e. The molecule has 2 aliphatic heterocycles. The standard InChI is InChI=1S/C18H23N2O/c1-3-5-17-15-9-12-10-19-16-7-4-6-13(18(12)16)14(15)8-11(2)20(17)21/h7-8,15,17,19H,3-6,9-10H2,1-2H3/q+1. The van der Waals surface area contributed by atoms with Crippen molar-refractivity contribution in [3.05, 3.63) is 50.7 Å². The van der Waals surface area contributed by atoms with Crippen LogP contribution in [0.5, 0.6) is 0 Å². The Kier molecular flexibility index (Phi) is 2.91. The van der Waals surface area contributed by atoms with E-state index in [1.807, 2.05) is 6.92 Å². The van der Waals surface area contributed by atoms with E-state index in [-0.39, 0.29) is 6.04 Å². The zero-order valence-corrected chi connectivity index (χ0v) is 12.9. The number of hydrogen-bond acceptors (Lipinski definition) is 2. The van der Waals surface area contributed by atoms with Gasteiger partial charge >= 0.3 is 0 Å². The number of fused-ring (bicyclic) bond motifs is 1. The van der Waals surface area contributed by atoms with Crippen molar-refractivity contribution in [1.82, 2.24) is 5.32 Å². The van der Waals surface area contributed by atoms with Gasteiger partial charge in [-0.05, 0) is 42.4 Å². The van der Waals surface area contributed by atoms with Crippen molar-refractivity contribution in [3.8, 4) is 0 Å². The molecule has 21 heavy (non-hydrogen) atoms. The van der Waals surface area contributed by atoms with Crippen LogP contribution in [-0.4, -0.2) is 17.3 Å². The van der Waals surface area contributed by atoms with Crippen LogP contribution >= 0.6 is 0 Å². The molecule has 0 radical (unpaired) electrons. The minimum atomic E-state index is 0.131. The highest BCUT2D eigenvalue weighted by Crippen LogP contribution is 2.48. The summed E-state index contributed by atoms with van der Waals surface area (Å²) in [6, 6.07) is 0.131. The number of allylic oxidation sites excluding steroid dienone is 4. The van der Waals surface area contributed by atoms with E-state index in [4.69, 9.17) is 0 Å². The number of hydrogen-bond donors (Lipinski definition) is 1. The third-order valence-corrected chi connectivity index (χ3v) is 5.44. The zero-order chi connectivity index (χ0) is 14.6. The molecule has 0 bridgehead atoms. The normalized spacial score (nSPS) is 30.7. The topological polar surface area (TPSA) is 32.1 Å². The van der Waals surface area contributed by atoms with Gasteiger partial charge in [-0.1, -0.05) is 13.0 Å². The summed E-state index contributed by atoms with van der Waals surface area (Å²) >= 11 is 0. The molecule has 110 valence electrons. The second kappa shape index (κ2) is 4.69. The van der Waals surface area contributed by atoms with Crippen molar-refractivity contribution >= 4 is 0 Å². The number of nitroso groups, excluding NO2 is 1. The monoisotopic (exact) mass is 283 g/mol. The minimum absolute atomic E-state index is 0.131. The van der Waals surface area contributed by atoms with Gasteiger partial charge in [-0.25, -0.2) is 0 Å². The maximum atomic E-state index is 12.5. The molecular weight excluding hydrogens is 260 g/mol. The Hall–Kier alpha value is -1.64. The van der Waals surface area contributed by atoms with Gasteiger partial charge in [0.25, 0.3) is 0 Å². The molecule has 0 aromatic rings. The molecule has 3 nitrogen and oxygen atoms in total. The highest BCUT2D eigenvalue weighted by Gasteiger charge is 2.46. The fourth-order valence-electron chi connectivity index (χ4n) is 4.53. The van der Waals surface area contributed by atoms with Gasteiger partial charge in [-0.3, -0.25) is 0 Å². The Balaban J connectivity index is 1.87. The molecule has 4 aliphatic rings. The maximum absolute atomic E-state index is 12.5. The van der Waals surface area contributed by atoms with Crippen LogP contribution in [0.2, 0.25) is 0 Å². The van der Waals surface area contributed by atoms with Crippen LogP contribution in [0.4, 0.5) is 0 Å². The molecule has 2 atom stereocenters. The summed E-state index contributed by atoms with van der Waals surface area (Å²) in [5.74, 6) is 0.402. The van der Waals surface area contributed by atoms with Crippen LogP contribution in [-0.2, 0) is 0 Å². The molecule has 2 unspecified atom stereocenters. The molecular formula is C18H23N2O+. The first-order chi connectivity index (χ1) is 10.2. The van der Waals surface area contributed by atoms with Crippen LogP contribution in [0, 0.1) is 10.8 Å². The van der Waals surface area contributed by atoms with E-state index >= 15 is 0 Å². The summed E-state index contributed by atoms with van der Waals surface area (Å²) in [5, 5.41) is 3.55. The molecule has 0 aromatic heterocycles. The first-order valence-electron chi connectivity index (χ1n) is 8.25. The van der Waals surface area contributed by atoms with Gasteiger partial charge in [0, 0.05) is 46.9 Å². The lowest BCUT2D eigenvalue weighted by Gasteiger charge is -2.33. The molecule has 1 N–H and O–H groups in total. The summed E-state index contributed by atoms with van der Waals surface area (Å²) in [6.07, 6.45) is 9.90. The number of nitrogens with zero attached hydrogens (tertiary/aromatic N) is 1. The van der Waals surface area contributed by atoms with Gasteiger partial charge < -0.3 is 5.32 Å². The molecule has 0 amide bonds. The van der Waals surface area contributed by atoms with E-state index in [1.54, 1.807) is 0 Å². The predicted octanol–water partition coefficient (Wildman–Crippen LogP) is 3.75. The Morgan fingerprint density at radius 1 is 1.43 bits per heavy atom. The van der Waals surface area contributed by atoms with E-state index < -0.39 is 0 Å². The van der Waals surface area contributed by atoms with Gasteiger partial charge in [0.05, 0.1) is 5.92 Å². The second-order valence-corrected chi connectivity index (χ2v) is 6.70. The summed E-state index contributed by atoms with van der Waals surface area (Å²) in [7, 11) is 0. The average Bonchev–Trinajstić information content (AvgIpc) is 2.90. The quantitative estimate of drug-likeness (QED) is 0.783. The predicted molar refractivity (Wildman–Crippen MR) is 83.6 cm³/mol. The third-order valence-electron chi connectivity index (χ3n) is 5.44. The first kappa shape index (κ1) is 13.1. The molecule has 4 rings (SSSR count). The van der Waals surface area contributed by atoms with Gasteiger partial charge in [0.2, 0.25) is 11.7 Å². The average molecular weight is 283 g/mol. The van der Waals surface area contributed by atoms with E-state index in [1.165, 1.54) is 32.7 Å². The molecule has 2 aliphatic carbocycles. The van der Waals surface area contributed by atoms with Crippen LogP contribution in [0.3, 0.4) is 0 Å². The fourth-order valence-corrected chi connectivity index (χ4v) is 4.53. The molecule has 0 spiro atoms. The molecule has 3 heteroatoms. The summed E-state index contributed by atoms with van der Waals surface area (Å²) in [5.41, 5.74) is 8.25. The molecule has 0 saturated heterocycles.